The van der Waals surface area contributed by atoms with Gasteiger partial charge in [-0.2, -0.15) is 0 Å². The molecule has 0 amide bonds. The van der Waals surface area contributed by atoms with E-state index in [0.717, 1.165) is 0 Å². The zero-order valence-electron chi connectivity index (χ0n) is 53.9. The summed E-state index contributed by atoms with van der Waals surface area (Å²) in [5.74, 6) is 0. The van der Waals surface area contributed by atoms with E-state index in [1.54, 1.807) is 0 Å². The van der Waals surface area contributed by atoms with Crippen LogP contribution < -0.4 is 0 Å². The average molecular weight is 1290 g/mol. The fraction of sp³-hybridized carbons (Fsp3) is 0.0870. The van der Waals surface area contributed by atoms with E-state index in [4.69, 9.17) is 0 Å². The summed E-state index contributed by atoms with van der Waals surface area (Å²) in [4.78, 5) is 0. The molecule has 0 saturated carbocycles. The quantitative estimate of drug-likeness (QED) is 0.156. The molecule has 4 aliphatic carbocycles. The molecular weight excluding hydrogens is 1230 g/mol. The number of hydrogen-bond donors (Lipinski definition) is 0. The zero-order valence-corrected chi connectivity index (χ0v) is 57.1. The molecule has 0 aliphatic heterocycles. The molecule has 0 spiro atoms. The van der Waals surface area contributed by atoms with Crippen LogP contribution in [-0.4, -0.2) is 0 Å². The minimum absolute atomic E-state index is 0.329. The Balaban J connectivity index is 0.986. The van der Waals surface area contributed by atoms with E-state index in [0.29, 0.717) is 0 Å². The third-order valence-electron chi connectivity index (χ3n) is 22.4. The number of fused-ring (bicyclic) bond motifs is 21. The third kappa shape index (κ3) is 7.37. The van der Waals surface area contributed by atoms with E-state index in [1.165, 1.54) is 225 Å². The summed E-state index contributed by atoms with van der Waals surface area (Å²) in [6.07, 6.45) is 0. The molecule has 0 bridgehead atoms. The highest BCUT2D eigenvalue weighted by Gasteiger charge is 2.48. The van der Waals surface area contributed by atoms with Crippen LogP contribution in [0, 0.1) is 13.8 Å². The van der Waals surface area contributed by atoms with Crippen molar-refractivity contribution in [1.29, 1.82) is 0 Å². The molecule has 0 saturated heterocycles. The molecular formula is C92H60S4. The van der Waals surface area contributed by atoms with Crippen molar-refractivity contribution in [2.24, 2.45) is 0 Å². The SMILES string of the molecule is Cc1c2c(c(C)c(-c3ccc4c(c3)sc3ccccc34)c1-c1ccc3c(c1)sc1ccccc13)C(c1cccc3c1C(C)(C)c1ccccc1-3)=C1C(c3ccc4sc5ccccc5c4c3)=C(c3ccc4sc5ccccc5c4c3)C(c3cccc4c3C(C)(C)c3ccccc3-4)=C12. The summed E-state index contributed by atoms with van der Waals surface area (Å²) in [7, 11) is 0. The number of benzene rings is 13. The van der Waals surface area contributed by atoms with Gasteiger partial charge in [-0.3, -0.25) is 0 Å². The molecule has 0 atom stereocenters. The Morgan fingerprint density at radius 2 is 0.552 bits per heavy atom. The van der Waals surface area contributed by atoms with Gasteiger partial charge in [-0.15, -0.1) is 45.3 Å². The Hall–Kier alpha value is -10.0. The minimum Gasteiger partial charge on any atom is -0.135 e. The molecule has 452 valence electrons. The fourth-order valence-electron chi connectivity index (χ4n) is 18.4. The van der Waals surface area contributed by atoms with Crippen LogP contribution in [0.2, 0.25) is 0 Å². The maximum atomic E-state index is 2.58. The van der Waals surface area contributed by atoms with E-state index in [2.05, 4.69) is 296 Å². The predicted octanol–water partition coefficient (Wildman–Crippen LogP) is 27.1. The lowest BCUT2D eigenvalue weighted by molar-refractivity contribution is 0.658. The topological polar surface area (TPSA) is 0 Å². The molecule has 0 nitrogen and oxygen atoms in total. The Labute approximate surface area is 573 Å². The first-order valence-corrected chi connectivity index (χ1v) is 36.8. The van der Waals surface area contributed by atoms with Gasteiger partial charge in [0.1, 0.15) is 0 Å². The first-order chi connectivity index (χ1) is 47.0. The number of rotatable bonds is 6. The zero-order chi connectivity index (χ0) is 63.8. The number of thiophene rings is 4. The molecule has 4 aromatic heterocycles. The molecule has 0 N–H and O–H groups in total. The van der Waals surface area contributed by atoms with E-state index >= 15 is 0 Å². The highest BCUT2D eigenvalue weighted by Crippen LogP contribution is 2.68. The fourth-order valence-corrected chi connectivity index (χ4v) is 22.8. The van der Waals surface area contributed by atoms with E-state index in [9.17, 15) is 0 Å². The first-order valence-electron chi connectivity index (χ1n) is 33.5. The summed E-state index contributed by atoms with van der Waals surface area (Å²) in [5.41, 5.74) is 33.4. The van der Waals surface area contributed by atoms with Crippen LogP contribution in [-0.2, 0) is 10.8 Å². The van der Waals surface area contributed by atoms with Gasteiger partial charge in [0.15, 0.2) is 0 Å². The highest BCUT2D eigenvalue weighted by molar-refractivity contribution is 7.27. The smallest absolute Gasteiger partial charge is 0.0361 e. The summed E-state index contributed by atoms with van der Waals surface area (Å²) >= 11 is 7.63. The lowest BCUT2D eigenvalue weighted by Crippen LogP contribution is -2.17. The Kier molecular flexibility index (Phi) is 11.4. The van der Waals surface area contributed by atoms with Crippen molar-refractivity contribution in [3.05, 3.63) is 327 Å². The molecule has 0 fully saturated rings. The number of allylic oxidation sites excluding steroid dienone is 5. The Bertz CT molecular complexity index is 6520. The van der Waals surface area contributed by atoms with Crippen molar-refractivity contribution in [1.82, 2.24) is 0 Å². The predicted molar refractivity (Wildman–Crippen MR) is 419 cm³/mol. The second-order valence-corrected chi connectivity index (χ2v) is 32.4. The van der Waals surface area contributed by atoms with Gasteiger partial charge < -0.3 is 0 Å². The van der Waals surface area contributed by atoms with Gasteiger partial charge >= 0.3 is 0 Å². The van der Waals surface area contributed by atoms with Crippen molar-refractivity contribution in [3.63, 3.8) is 0 Å². The van der Waals surface area contributed by atoms with Gasteiger partial charge in [-0.25, -0.2) is 0 Å². The third-order valence-corrected chi connectivity index (χ3v) is 26.9. The van der Waals surface area contributed by atoms with Gasteiger partial charge in [0.05, 0.1) is 0 Å². The molecule has 0 unspecified atom stereocenters. The first kappa shape index (κ1) is 55.3. The largest absolute Gasteiger partial charge is 0.135 e. The van der Waals surface area contributed by atoms with Crippen molar-refractivity contribution in [2.75, 3.05) is 0 Å². The molecule has 17 aromatic rings. The maximum absolute atomic E-state index is 2.58. The van der Waals surface area contributed by atoms with Gasteiger partial charge in [0, 0.05) is 91.5 Å². The van der Waals surface area contributed by atoms with Crippen molar-refractivity contribution in [3.8, 4) is 44.5 Å². The van der Waals surface area contributed by atoms with Gasteiger partial charge in [0.2, 0.25) is 0 Å². The molecule has 0 radical (unpaired) electrons. The monoisotopic (exact) mass is 1290 g/mol. The van der Waals surface area contributed by atoms with Crippen molar-refractivity contribution in [2.45, 2.75) is 52.4 Å². The van der Waals surface area contributed by atoms with Crippen molar-refractivity contribution < 1.29 is 0 Å². The molecule has 4 aliphatic rings. The molecule has 13 aromatic carbocycles. The molecule has 4 heterocycles. The summed E-state index contributed by atoms with van der Waals surface area (Å²) in [6.45, 7) is 14.9. The molecule has 21 rings (SSSR count). The highest BCUT2D eigenvalue weighted by atomic mass is 32.1. The van der Waals surface area contributed by atoms with Crippen LogP contribution in [0.3, 0.4) is 0 Å². The van der Waals surface area contributed by atoms with Crippen LogP contribution in [0.4, 0.5) is 0 Å². The average Bonchev–Trinajstić information content (AvgIpc) is 1.50. The van der Waals surface area contributed by atoms with E-state index < -0.39 is 0 Å². The van der Waals surface area contributed by atoms with E-state index in [-0.39, 0.29) is 10.8 Å². The normalized spacial score (nSPS) is 15.0. The van der Waals surface area contributed by atoms with Crippen LogP contribution >= 0.6 is 45.3 Å². The maximum Gasteiger partial charge on any atom is 0.0361 e. The number of hydrogen-bond acceptors (Lipinski definition) is 4. The van der Waals surface area contributed by atoms with Crippen LogP contribution in [0.5, 0.6) is 0 Å². The molecule has 4 heteroatoms. The Morgan fingerprint density at radius 3 is 1.02 bits per heavy atom. The lowest BCUT2D eigenvalue weighted by atomic mass is 9.74. The Morgan fingerprint density at radius 1 is 0.219 bits per heavy atom. The van der Waals surface area contributed by atoms with Gasteiger partial charge in [-0.05, 0) is 219 Å². The van der Waals surface area contributed by atoms with Crippen LogP contribution in [0.1, 0.15) is 94.5 Å². The summed E-state index contributed by atoms with van der Waals surface area (Å²) < 4.78 is 10.5. The second-order valence-electron chi connectivity index (χ2n) is 28.0. The standard InChI is InChI=1S/C92H60S4/c1-49-79(53-37-41-61-57-23-9-15-33-71(57)95-77(61)47-53)80(54-38-42-62-58-24-10-16-34-72(58)96-78(62)48-54)50(2)82-81(49)85(65-29-19-27-63-55-21-7-13-31-69(55)91(3,4)89(63)65)88-84(52-40-44-76-68(46-52)60-26-12-18-36-74(60)94-76)83(51-39-43-75-67(45-51)59-25-11-17-35-73(59)93-75)86(87(82)88)66-30-20-28-64-56-22-8-14-32-70(56)92(5,6)90(64)66/h7-48H,1-6H3. The van der Waals surface area contributed by atoms with E-state index in [1.807, 2.05) is 45.3 Å². The van der Waals surface area contributed by atoms with Gasteiger partial charge in [-0.1, -0.05) is 222 Å². The minimum atomic E-state index is -0.332. The van der Waals surface area contributed by atoms with Crippen molar-refractivity contribution >= 4 is 154 Å². The van der Waals surface area contributed by atoms with Crippen LogP contribution in [0.25, 0.3) is 153 Å². The summed E-state index contributed by atoms with van der Waals surface area (Å²) in [6, 6.07) is 98.9. The van der Waals surface area contributed by atoms with Crippen LogP contribution in [0.15, 0.2) is 260 Å². The molecule has 96 heavy (non-hydrogen) atoms. The summed E-state index contributed by atoms with van der Waals surface area (Å²) in [5, 5.41) is 10.4. The van der Waals surface area contributed by atoms with Gasteiger partial charge in [0.25, 0.3) is 0 Å². The second kappa shape index (κ2) is 19.8. The lowest BCUT2D eigenvalue weighted by Gasteiger charge is -2.28.